The molecule has 1 aliphatic carbocycles. The Bertz CT molecular complexity index is 221. The van der Waals surface area contributed by atoms with Crippen molar-refractivity contribution in [1.82, 2.24) is 0 Å². The molecule has 0 aromatic carbocycles. The van der Waals surface area contributed by atoms with Gasteiger partial charge in [0.2, 0.25) is 0 Å². The lowest BCUT2D eigenvalue weighted by Crippen LogP contribution is -2.12. The monoisotopic (exact) mass is 134 g/mol. The molecule has 0 aromatic rings. The van der Waals surface area contributed by atoms with Crippen LogP contribution in [0.15, 0.2) is 36.5 Å². The van der Waals surface area contributed by atoms with Gasteiger partial charge >= 0.3 is 0 Å². The van der Waals surface area contributed by atoms with E-state index in [1.54, 1.807) is 12.2 Å². The number of carbonyl (C=O) groups excluding carboxylic acids is 1. The standard InChI is InChI=1S/C9H10O/c1-3-8-6-4-5-7(2)9(8)10/h3-7H,1H2,2H3. The Morgan fingerprint density at radius 1 is 1.70 bits per heavy atom. The van der Waals surface area contributed by atoms with E-state index < -0.39 is 0 Å². The third kappa shape index (κ3) is 1.08. The van der Waals surface area contributed by atoms with E-state index in [9.17, 15) is 4.79 Å². The maximum Gasteiger partial charge on any atom is 0.169 e. The lowest BCUT2D eigenvalue weighted by molar-refractivity contribution is -0.117. The fourth-order valence-electron chi connectivity index (χ4n) is 0.927. The Morgan fingerprint density at radius 2 is 2.40 bits per heavy atom. The summed E-state index contributed by atoms with van der Waals surface area (Å²) in [5.41, 5.74) is 0.718. The van der Waals surface area contributed by atoms with Crippen LogP contribution in [-0.4, -0.2) is 5.78 Å². The molecule has 0 aliphatic heterocycles. The Kier molecular flexibility index (Phi) is 1.86. The average molecular weight is 134 g/mol. The highest BCUT2D eigenvalue weighted by Crippen LogP contribution is 2.13. The molecule has 0 saturated heterocycles. The van der Waals surface area contributed by atoms with Gasteiger partial charge in [0.05, 0.1) is 0 Å². The second-order valence-electron chi connectivity index (χ2n) is 2.36. The van der Waals surface area contributed by atoms with Crippen LogP contribution in [0.3, 0.4) is 0 Å². The number of allylic oxidation sites excluding steroid dienone is 5. The normalized spacial score (nSPS) is 24.3. The molecule has 52 valence electrons. The van der Waals surface area contributed by atoms with Crippen LogP contribution in [0.1, 0.15) is 6.92 Å². The minimum atomic E-state index is 0.0259. The van der Waals surface area contributed by atoms with Crippen molar-refractivity contribution < 1.29 is 4.79 Å². The molecule has 0 saturated carbocycles. The van der Waals surface area contributed by atoms with E-state index in [0.717, 1.165) is 5.57 Å². The first-order valence-corrected chi connectivity index (χ1v) is 3.31. The summed E-state index contributed by atoms with van der Waals surface area (Å²) in [5.74, 6) is 0.190. The van der Waals surface area contributed by atoms with Gasteiger partial charge in [0.15, 0.2) is 5.78 Å². The van der Waals surface area contributed by atoms with Crippen LogP contribution in [0.5, 0.6) is 0 Å². The molecule has 0 fully saturated rings. The van der Waals surface area contributed by atoms with E-state index >= 15 is 0 Å². The molecular formula is C9H10O. The maximum absolute atomic E-state index is 11.2. The smallest absolute Gasteiger partial charge is 0.169 e. The van der Waals surface area contributed by atoms with Crippen LogP contribution < -0.4 is 0 Å². The summed E-state index contributed by atoms with van der Waals surface area (Å²) in [4.78, 5) is 11.2. The summed E-state index contributed by atoms with van der Waals surface area (Å²) >= 11 is 0. The van der Waals surface area contributed by atoms with Gasteiger partial charge in [-0.3, -0.25) is 4.79 Å². The van der Waals surface area contributed by atoms with Crippen molar-refractivity contribution in [2.24, 2.45) is 5.92 Å². The lowest BCUT2D eigenvalue weighted by Gasteiger charge is -2.08. The molecule has 0 amide bonds. The largest absolute Gasteiger partial charge is 0.294 e. The Balaban J connectivity index is 2.92. The highest BCUT2D eigenvalue weighted by molar-refractivity contribution is 6.01. The Morgan fingerprint density at radius 3 is 2.90 bits per heavy atom. The zero-order chi connectivity index (χ0) is 7.56. The van der Waals surface area contributed by atoms with Gasteiger partial charge in [-0.2, -0.15) is 0 Å². The lowest BCUT2D eigenvalue weighted by atomic mass is 9.94. The summed E-state index contributed by atoms with van der Waals surface area (Å²) in [5, 5.41) is 0. The molecule has 0 spiro atoms. The SMILES string of the molecule is C=CC1=CC=CC(C)C1=O. The van der Waals surface area contributed by atoms with Crippen molar-refractivity contribution in [2.75, 3.05) is 0 Å². The van der Waals surface area contributed by atoms with Crippen LogP contribution >= 0.6 is 0 Å². The number of hydrogen-bond donors (Lipinski definition) is 0. The molecule has 1 nitrogen and oxygen atoms in total. The summed E-state index contributed by atoms with van der Waals surface area (Å²) in [6.07, 6.45) is 7.16. The van der Waals surface area contributed by atoms with Crippen LogP contribution in [0, 0.1) is 5.92 Å². The molecule has 0 bridgehead atoms. The van der Waals surface area contributed by atoms with Gasteiger partial charge in [-0.25, -0.2) is 0 Å². The van der Waals surface area contributed by atoms with Crippen LogP contribution in [0.4, 0.5) is 0 Å². The van der Waals surface area contributed by atoms with Gasteiger partial charge < -0.3 is 0 Å². The van der Waals surface area contributed by atoms with Gasteiger partial charge in [-0.1, -0.05) is 37.8 Å². The van der Waals surface area contributed by atoms with Gasteiger partial charge in [0, 0.05) is 11.5 Å². The van der Waals surface area contributed by atoms with Crippen LogP contribution in [0.2, 0.25) is 0 Å². The molecule has 10 heavy (non-hydrogen) atoms. The first-order chi connectivity index (χ1) is 4.75. The van der Waals surface area contributed by atoms with Crippen molar-refractivity contribution in [3.05, 3.63) is 36.5 Å². The minimum Gasteiger partial charge on any atom is -0.294 e. The third-order valence-corrected chi connectivity index (χ3v) is 1.59. The maximum atomic E-state index is 11.2. The van der Waals surface area contributed by atoms with Crippen molar-refractivity contribution >= 4 is 5.78 Å². The second-order valence-corrected chi connectivity index (χ2v) is 2.36. The predicted octanol–water partition coefficient (Wildman–Crippen LogP) is 1.87. The fraction of sp³-hybridized carbons (Fsp3) is 0.222. The van der Waals surface area contributed by atoms with E-state index in [4.69, 9.17) is 0 Å². The summed E-state index contributed by atoms with van der Waals surface area (Å²) in [6, 6.07) is 0. The molecule has 1 atom stereocenters. The third-order valence-electron chi connectivity index (χ3n) is 1.59. The molecular weight excluding hydrogens is 124 g/mol. The van der Waals surface area contributed by atoms with Gasteiger partial charge in [-0.15, -0.1) is 0 Å². The van der Waals surface area contributed by atoms with Gasteiger partial charge in [0.1, 0.15) is 0 Å². The first-order valence-electron chi connectivity index (χ1n) is 3.31. The van der Waals surface area contributed by atoms with E-state index in [1.807, 2.05) is 19.1 Å². The van der Waals surface area contributed by atoms with Crippen LogP contribution in [0.25, 0.3) is 0 Å². The molecule has 1 heteroatoms. The number of ketones is 1. The summed E-state index contributed by atoms with van der Waals surface area (Å²) in [6.45, 7) is 5.43. The number of carbonyl (C=O) groups is 1. The number of hydrogen-bond acceptors (Lipinski definition) is 1. The molecule has 0 heterocycles. The van der Waals surface area contributed by atoms with Crippen molar-refractivity contribution in [3.63, 3.8) is 0 Å². The quantitative estimate of drug-likeness (QED) is 0.535. The first kappa shape index (κ1) is 7.00. The second kappa shape index (κ2) is 2.65. The molecule has 0 N–H and O–H groups in total. The van der Waals surface area contributed by atoms with E-state index in [1.165, 1.54) is 0 Å². The molecule has 1 rings (SSSR count). The van der Waals surface area contributed by atoms with Gasteiger partial charge in [-0.05, 0) is 0 Å². The zero-order valence-corrected chi connectivity index (χ0v) is 6.00. The predicted molar refractivity (Wildman–Crippen MR) is 41.6 cm³/mol. The van der Waals surface area contributed by atoms with Crippen molar-refractivity contribution in [3.8, 4) is 0 Å². The highest BCUT2D eigenvalue weighted by Gasteiger charge is 2.14. The average Bonchev–Trinajstić information content (AvgIpc) is 1.95. The van der Waals surface area contributed by atoms with E-state index in [0.29, 0.717) is 0 Å². The van der Waals surface area contributed by atoms with Crippen molar-refractivity contribution in [2.45, 2.75) is 6.92 Å². The van der Waals surface area contributed by atoms with E-state index in [2.05, 4.69) is 6.58 Å². The zero-order valence-electron chi connectivity index (χ0n) is 6.00. The Labute approximate surface area is 60.7 Å². The number of Topliss-reactive ketones (excluding diaryl/α,β-unsaturated/α-hetero) is 1. The molecule has 1 aliphatic rings. The van der Waals surface area contributed by atoms with Crippen molar-refractivity contribution in [1.29, 1.82) is 0 Å². The number of rotatable bonds is 1. The van der Waals surface area contributed by atoms with Crippen LogP contribution in [-0.2, 0) is 4.79 Å². The molecule has 0 aromatic heterocycles. The minimum absolute atomic E-state index is 0.0259. The van der Waals surface area contributed by atoms with Gasteiger partial charge in [0.25, 0.3) is 0 Å². The Hall–Kier alpha value is -1.11. The fourth-order valence-corrected chi connectivity index (χ4v) is 0.927. The summed E-state index contributed by atoms with van der Waals surface area (Å²) < 4.78 is 0. The molecule has 0 radical (unpaired) electrons. The topological polar surface area (TPSA) is 17.1 Å². The highest BCUT2D eigenvalue weighted by atomic mass is 16.1. The van der Waals surface area contributed by atoms with E-state index in [-0.39, 0.29) is 11.7 Å². The summed E-state index contributed by atoms with van der Waals surface area (Å²) in [7, 11) is 0. The molecule has 1 unspecified atom stereocenters.